The van der Waals surface area contributed by atoms with E-state index in [1.165, 1.54) is 0 Å². The molecule has 0 aliphatic carbocycles. The summed E-state index contributed by atoms with van der Waals surface area (Å²) in [7, 11) is 0. The molecule has 1 aliphatic heterocycles. The molecule has 1 rings (SSSR count). The first-order chi connectivity index (χ1) is 4.86. The number of piperidine rings is 1. The first-order valence-corrected chi connectivity index (χ1v) is 4.12. The van der Waals surface area contributed by atoms with Crippen molar-refractivity contribution in [3.8, 4) is 0 Å². The Balaban J connectivity index is 2.85. The van der Waals surface area contributed by atoms with Crippen molar-refractivity contribution in [3.63, 3.8) is 0 Å². The van der Waals surface area contributed by atoms with Crippen molar-refractivity contribution in [2.45, 2.75) is 27.7 Å². The van der Waals surface area contributed by atoms with E-state index in [-0.39, 0.29) is 10.8 Å². The van der Waals surface area contributed by atoms with Gasteiger partial charge < -0.3 is 5.32 Å². The minimum Gasteiger partial charge on any atom is -0.315 e. The average molecular weight is 155 g/mol. The highest BCUT2D eigenvalue weighted by Gasteiger charge is 2.42. The van der Waals surface area contributed by atoms with Gasteiger partial charge in [0.2, 0.25) is 0 Å². The minimum absolute atomic E-state index is 0.179. The molecule has 1 aliphatic rings. The van der Waals surface area contributed by atoms with Gasteiger partial charge in [0.15, 0.2) is 0 Å². The van der Waals surface area contributed by atoms with Crippen molar-refractivity contribution >= 4 is 5.78 Å². The largest absolute Gasteiger partial charge is 0.315 e. The first-order valence-electron chi connectivity index (χ1n) is 4.12. The predicted octanol–water partition coefficient (Wildman–Crippen LogP) is 1.21. The van der Waals surface area contributed by atoms with Crippen LogP contribution in [0.3, 0.4) is 0 Å². The fraction of sp³-hybridized carbons (Fsp3) is 0.889. The Hall–Kier alpha value is -0.370. The monoisotopic (exact) mass is 155 g/mol. The summed E-state index contributed by atoms with van der Waals surface area (Å²) in [4.78, 5) is 11.7. The summed E-state index contributed by atoms with van der Waals surface area (Å²) in [5.74, 6) is 0.378. The van der Waals surface area contributed by atoms with Crippen LogP contribution in [0, 0.1) is 10.8 Å². The van der Waals surface area contributed by atoms with Gasteiger partial charge in [0, 0.05) is 23.9 Å². The summed E-state index contributed by atoms with van der Waals surface area (Å²) in [5.41, 5.74) is -0.358. The highest BCUT2D eigenvalue weighted by molar-refractivity contribution is 5.90. The summed E-state index contributed by atoms with van der Waals surface area (Å²) in [6, 6.07) is 0. The van der Waals surface area contributed by atoms with Crippen LogP contribution in [0.1, 0.15) is 27.7 Å². The van der Waals surface area contributed by atoms with E-state index in [0.717, 1.165) is 13.1 Å². The Morgan fingerprint density at radius 3 is 1.73 bits per heavy atom. The summed E-state index contributed by atoms with van der Waals surface area (Å²) in [6.07, 6.45) is 0. The van der Waals surface area contributed by atoms with Crippen LogP contribution in [0.5, 0.6) is 0 Å². The van der Waals surface area contributed by atoms with Gasteiger partial charge in [-0.2, -0.15) is 0 Å². The van der Waals surface area contributed by atoms with Gasteiger partial charge in [-0.3, -0.25) is 4.79 Å². The van der Waals surface area contributed by atoms with E-state index in [9.17, 15) is 4.79 Å². The van der Waals surface area contributed by atoms with Crippen LogP contribution in [0.2, 0.25) is 0 Å². The molecule has 1 heterocycles. The molecule has 2 heteroatoms. The van der Waals surface area contributed by atoms with Crippen molar-refractivity contribution in [2.75, 3.05) is 13.1 Å². The van der Waals surface area contributed by atoms with Gasteiger partial charge in [0.25, 0.3) is 0 Å². The molecule has 0 bridgehead atoms. The fourth-order valence-electron chi connectivity index (χ4n) is 1.76. The molecule has 0 spiro atoms. The molecule has 2 nitrogen and oxygen atoms in total. The van der Waals surface area contributed by atoms with Crippen LogP contribution < -0.4 is 5.32 Å². The van der Waals surface area contributed by atoms with E-state index >= 15 is 0 Å². The van der Waals surface area contributed by atoms with Crippen LogP contribution in [-0.2, 0) is 4.79 Å². The summed E-state index contributed by atoms with van der Waals surface area (Å²) in [5, 5.41) is 3.27. The quantitative estimate of drug-likeness (QED) is 0.569. The van der Waals surface area contributed by atoms with Crippen LogP contribution in [-0.4, -0.2) is 18.9 Å². The van der Waals surface area contributed by atoms with Gasteiger partial charge in [-0.25, -0.2) is 0 Å². The maximum Gasteiger partial charge on any atom is 0.146 e. The molecule has 1 N–H and O–H groups in total. The number of carbonyl (C=O) groups is 1. The SMILES string of the molecule is CC1(C)CNCC(C)(C)C1=O. The second-order valence-corrected chi connectivity index (χ2v) is 4.70. The van der Waals surface area contributed by atoms with E-state index in [1.54, 1.807) is 0 Å². The summed E-state index contributed by atoms with van der Waals surface area (Å²) in [6.45, 7) is 9.64. The molecular weight excluding hydrogens is 138 g/mol. The van der Waals surface area contributed by atoms with E-state index in [0.29, 0.717) is 5.78 Å². The van der Waals surface area contributed by atoms with Crippen LogP contribution >= 0.6 is 0 Å². The Kier molecular flexibility index (Phi) is 1.83. The zero-order valence-electron chi connectivity index (χ0n) is 7.82. The van der Waals surface area contributed by atoms with Gasteiger partial charge in [0.1, 0.15) is 5.78 Å². The second-order valence-electron chi connectivity index (χ2n) is 4.70. The Morgan fingerprint density at radius 1 is 1.09 bits per heavy atom. The van der Waals surface area contributed by atoms with Gasteiger partial charge in [0.05, 0.1) is 0 Å². The van der Waals surface area contributed by atoms with Gasteiger partial charge in [-0.15, -0.1) is 0 Å². The van der Waals surface area contributed by atoms with Crippen molar-refractivity contribution < 1.29 is 4.79 Å². The average Bonchev–Trinajstić information content (AvgIpc) is 1.82. The maximum absolute atomic E-state index is 11.7. The molecule has 0 atom stereocenters. The standard InChI is InChI=1S/C9H17NO/c1-8(2)5-10-6-9(3,4)7(8)11/h10H,5-6H2,1-4H3. The van der Waals surface area contributed by atoms with Gasteiger partial charge in [-0.05, 0) is 0 Å². The zero-order chi connectivity index (χ0) is 8.70. The smallest absolute Gasteiger partial charge is 0.146 e. The lowest BCUT2D eigenvalue weighted by Crippen LogP contribution is -2.53. The second kappa shape index (κ2) is 2.31. The maximum atomic E-state index is 11.7. The van der Waals surface area contributed by atoms with E-state index in [1.807, 2.05) is 27.7 Å². The van der Waals surface area contributed by atoms with E-state index < -0.39 is 0 Å². The van der Waals surface area contributed by atoms with Crippen molar-refractivity contribution in [1.82, 2.24) is 5.32 Å². The molecule has 0 amide bonds. The third kappa shape index (κ3) is 1.45. The molecular formula is C9H17NO. The third-order valence-corrected chi connectivity index (χ3v) is 2.36. The van der Waals surface area contributed by atoms with E-state index in [2.05, 4.69) is 5.32 Å². The van der Waals surface area contributed by atoms with Crippen molar-refractivity contribution in [2.24, 2.45) is 10.8 Å². The molecule has 0 aromatic rings. The van der Waals surface area contributed by atoms with Crippen molar-refractivity contribution in [1.29, 1.82) is 0 Å². The first kappa shape index (κ1) is 8.72. The number of nitrogens with one attached hydrogen (secondary N) is 1. The molecule has 0 aromatic carbocycles. The van der Waals surface area contributed by atoms with E-state index in [4.69, 9.17) is 0 Å². The molecule has 0 aromatic heterocycles. The number of rotatable bonds is 0. The molecule has 11 heavy (non-hydrogen) atoms. The van der Waals surface area contributed by atoms with Crippen LogP contribution in [0.25, 0.3) is 0 Å². The number of hydrogen-bond acceptors (Lipinski definition) is 2. The lowest BCUT2D eigenvalue weighted by Gasteiger charge is -2.39. The number of ketones is 1. The minimum atomic E-state index is -0.179. The summed E-state index contributed by atoms with van der Waals surface area (Å²) < 4.78 is 0. The highest BCUT2D eigenvalue weighted by Crippen LogP contribution is 2.31. The lowest BCUT2D eigenvalue weighted by molar-refractivity contribution is -0.138. The topological polar surface area (TPSA) is 29.1 Å². The predicted molar refractivity (Wildman–Crippen MR) is 45.4 cm³/mol. The Labute approximate surface area is 68.4 Å². The molecule has 1 saturated heterocycles. The fourth-order valence-corrected chi connectivity index (χ4v) is 1.76. The Morgan fingerprint density at radius 2 is 1.45 bits per heavy atom. The van der Waals surface area contributed by atoms with Crippen molar-refractivity contribution in [3.05, 3.63) is 0 Å². The molecule has 0 unspecified atom stereocenters. The molecule has 1 fully saturated rings. The summed E-state index contributed by atoms with van der Waals surface area (Å²) >= 11 is 0. The lowest BCUT2D eigenvalue weighted by atomic mass is 9.71. The highest BCUT2D eigenvalue weighted by atomic mass is 16.1. The Bertz CT molecular complexity index is 164. The molecule has 0 saturated carbocycles. The number of carbonyl (C=O) groups excluding carboxylic acids is 1. The normalized spacial score (nSPS) is 28.5. The third-order valence-electron chi connectivity index (χ3n) is 2.36. The molecule has 0 radical (unpaired) electrons. The number of Topliss-reactive ketones (excluding diaryl/α,β-unsaturated/α-hetero) is 1. The number of hydrogen-bond donors (Lipinski definition) is 1. The molecule has 64 valence electrons. The van der Waals surface area contributed by atoms with Gasteiger partial charge in [-0.1, -0.05) is 27.7 Å². The van der Waals surface area contributed by atoms with Crippen LogP contribution in [0.4, 0.5) is 0 Å². The van der Waals surface area contributed by atoms with Crippen LogP contribution in [0.15, 0.2) is 0 Å². The van der Waals surface area contributed by atoms with Gasteiger partial charge >= 0.3 is 0 Å². The zero-order valence-corrected chi connectivity index (χ0v) is 7.82.